The van der Waals surface area contributed by atoms with Crippen molar-refractivity contribution in [1.82, 2.24) is 0 Å². The third kappa shape index (κ3) is 2.17. The van der Waals surface area contributed by atoms with Gasteiger partial charge in [0.15, 0.2) is 0 Å². The van der Waals surface area contributed by atoms with Gasteiger partial charge in [-0.25, -0.2) is 4.99 Å². The van der Waals surface area contributed by atoms with E-state index in [9.17, 15) is 10.1 Å². The predicted octanol–water partition coefficient (Wildman–Crippen LogP) is 1.14. The molecule has 1 saturated carbocycles. The molecular formula is C11H18N4O2. The van der Waals surface area contributed by atoms with Gasteiger partial charge < -0.3 is 11.5 Å². The summed E-state index contributed by atoms with van der Waals surface area (Å²) in [7, 11) is 0. The van der Waals surface area contributed by atoms with Crippen molar-refractivity contribution in [2.24, 2.45) is 22.4 Å². The van der Waals surface area contributed by atoms with Gasteiger partial charge in [0, 0.05) is 6.42 Å². The Hall–Kier alpha value is -1.43. The van der Waals surface area contributed by atoms with Gasteiger partial charge in [-0.2, -0.15) is 0 Å². The van der Waals surface area contributed by atoms with Crippen LogP contribution in [-0.4, -0.2) is 16.3 Å². The van der Waals surface area contributed by atoms with E-state index in [0.29, 0.717) is 12.3 Å². The van der Waals surface area contributed by atoms with Crippen LogP contribution in [-0.2, 0) is 0 Å². The maximum atomic E-state index is 11.1. The van der Waals surface area contributed by atoms with Crippen LogP contribution in [0.5, 0.6) is 0 Å². The van der Waals surface area contributed by atoms with Crippen molar-refractivity contribution < 1.29 is 4.92 Å². The third-order valence-electron chi connectivity index (χ3n) is 3.83. The molecule has 1 unspecified atom stereocenters. The van der Waals surface area contributed by atoms with E-state index < -0.39 is 10.5 Å². The number of amidine groups is 1. The summed E-state index contributed by atoms with van der Waals surface area (Å²) in [5.74, 6) is 0.533. The van der Waals surface area contributed by atoms with Gasteiger partial charge >= 0.3 is 0 Å². The number of aliphatic imine (C=N–C) groups is 1. The van der Waals surface area contributed by atoms with Crippen molar-refractivity contribution in [2.75, 3.05) is 0 Å². The van der Waals surface area contributed by atoms with Gasteiger partial charge in [0.1, 0.15) is 17.6 Å². The van der Waals surface area contributed by atoms with E-state index in [0.717, 1.165) is 25.7 Å². The number of hydrogen-bond donors (Lipinski definition) is 2. The zero-order valence-electron chi connectivity index (χ0n) is 9.76. The van der Waals surface area contributed by atoms with Crippen LogP contribution in [0.4, 0.5) is 0 Å². The molecule has 1 heterocycles. The smallest absolute Gasteiger partial charge is 0.284 e. The van der Waals surface area contributed by atoms with E-state index in [1.54, 1.807) is 0 Å². The van der Waals surface area contributed by atoms with Gasteiger partial charge in [-0.3, -0.25) is 10.1 Å². The number of rotatable bonds is 2. The molecule has 2 rings (SSSR count). The van der Waals surface area contributed by atoms with E-state index in [1.165, 1.54) is 12.6 Å². The lowest BCUT2D eigenvalue weighted by atomic mass is 9.71. The van der Waals surface area contributed by atoms with E-state index >= 15 is 0 Å². The summed E-state index contributed by atoms with van der Waals surface area (Å²) >= 11 is 0. The summed E-state index contributed by atoms with van der Waals surface area (Å²) in [4.78, 5) is 14.5. The number of nitro groups is 1. The average molecular weight is 238 g/mol. The standard InChI is InChI=1S/C11H18N4O2/c12-10-6-11(13,8-4-2-1-3-5-8)9(7-14-10)15(16)17/h7-8H,1-6,13H2,(H2,12,14). The van der Waals surface area contributed by atoms with Gasteiger partial charge in [-0.15, -0.1) is 0 Å². The Bertz CT molecular complexity index is 385. The van der Waals surface area contributed by atoms with E-state index in [1.807, 2.05) is 0 Å². The first-order chi connectivity index (χ1) is 8.04. The minimum absolute atomic E-state index is 0.0126. The molecular weight excluding hydrogens is 220 g/mol. The highest BCUT2D eigenvalue weighted by atomic mass is 16.6. The molecule has 0 bridgehead atoms. The molecule has 0 radical (unpaired) electrons. The lowest BCUT2D eigenvalue weighted by molar-refractivity contribution is -0.437. The predicted molar refractivity (Wildman–Crippen MR) is 64.8 cm³/mol. The first-order valence-electron chi connectivity index (χ1n) is 6.00. The van der Waals surface area contributed by atoms with Crippen molar-refractivity contribution >= 4 is 5.84 Å². The van der Waals surface area contributed by atoms with Crippen molar-refractivity contribution in [3.05, 3.63) is 22.0 Å². The minimum Gasteiger partial charge on any atom is -0.387 e. The Morgan fingerprint density at radius 3 is 2.65 bits per heavy atom. The molecule has 17 heavy (non-hydrogen) atoms. The van der Waals surface area contributed by atoms with Crippen LogP contribution in [0.25, 0.3) is 0 Å². The summed E-state index contributed by atoms with van der Waals surface area (Å²) in [6.45, 7) is 0. The highest BCUT2D eigenvalue weighted by Crippen LogP contribution is 2.39. The third-order valence-corrected chi connectivity index (χ3v) is 3.83. The fraction of sp³-hybridized carbons (Fsp3) is 0.727. The van der Waals surface area contributed by atoms with Gasteiger partial charge in [0.2, 0.25) is 0 Å². The van der Waals surface area contributed by atoms with Crippen molar-refractivity contribution in [1.29, 1.82) is 0 Å². The van der Waals surface area contributed by atoms with Crippen LogP contribution in [0.3, 0.4) is 0 Å². The maximum Gasteiger partial charge on any atom is 0.284 e. The van der Waals surface area contributed by atoms with E-state index in [-0.39, 0.29) is 11.6 Å². The first-order valence-corrected chi connectivity index (χ1v) is 6.00. The quantitative estimate of drug-likeness (QED) is 0.555. The van der Waals surface area contributed by atoms with Crippen LogP contribution in [0, 0.1) is 16.0 Å². The number of hydrogen-bond acceptors (Lipinski definition) is 5. The second-order valence-electron chi connectivity index (χ2n) is 4.94. The maximum absolute atomic E-state index is 11.1. The molecule has 4 N–H and O–H groups in total. The van der Waals surface area contributed by atoms with Crippen LogP contribution in [0.15, 0.2) is 16.9 Å². The molecule has 1 aliphatic heterocycles. The Morgan fingerprint density at radius 2 is 2.06 bits per heavy atom. The zero-order chi connectivity index (χ0) is 12.5. The Labute approximate surface area is 99.9 Å². The molecule has 0 saturated heterocycles. The Morgan fingerprint density at radius 1 is 1.41 bits per heavy atom. The topological polar surface area (TPSA) is 108 Å². The average Bonchev–Trinajstić information content (AvgIpc) is 2.29. The first kappa shape index (κ1) is 12.0. The molecule has 0 spiro atoms. The van der Waals surface area contributed by atoms with Gasteiger partial charge in [0.25, 0.3) is 5.70 Å². The highest BCUT2D eigenvalue weighted by Gasteiger charge is 2.47. The molecule has 0 aromatic rings. The lowest BCUT2D eigenvalue weighted by Crippen LogP contribution is -2.54. The van der Waals surface area contributed by atoms with Crippen LogP contribution in [0.2, 0.25) is 0 Å². The molecule has 0 aromatic heterocycles. The van der Waals surface area contributed by atoms with Gasteiger partial charge in [-0.05, 0) is 18.8 Å². The van der Waals surface area contributed by atoms with Gasteiger partial charge in [-0.1, -0.05) is 19.3 Å². The Balaban J connectivity index is 2.30. The molecule has 1 aliphatic carbocycles. The monoisotopic (exact) mass is 238 g/mol. The second kappa shape index (κ2) is 4.44. The second-order valence-corrected chi connectivity index (χ2v) is 4.94. The SMILES string of the molecule is NC1=NC=C([N+](=O)[O-])C(N)(C2CCCCC2)C1. The number of nitrogens with two attached hydrogens (primary N) is 2. The fourth-order valence-electron chi connectivity index (χ4n) is 2.89. The summed E-state index contributed by atoms with van der Waals surface area (Å²) < 4.78 is 0. The molecule has 94 valence electrons. The molecule has 0 amide bonds. The Kier molecular flexibility index (Phi) is 3.15. The summed E-state index contributed by atoms with van der Waals surface area (Å²) in [6, 6.07) is 0. The van der Waals surface area contributed by atoms with Crippen molar-refractivity contribution in [2.45, 2.75) is 44.1 Å². The van der Waals surface area contributed by atoms with Crippen molar-refractivity contribution in [3.8, 4) is 0 Å². The molecule has 2 aliphatic rings. The van der Waals surface area contributed by atoms with Crippen LogP contribution >= 0.6 is 0 Å². The zero-order valence-corrected chi connectivity index (χ0v) is 9.76. The normalized spacial score (nSPS) is 30.6. The number of nitrogens with zero attached hydrogens (tertiary/aromatic N) is 2. The molecule has 1 fully saturated rings. The van der Waals surface area contributed by atoms with E-state index in [2.05, 4.69) is 4.99 Å². The summed E-state index contributed by atoms with van der Waals surface area (Å²) in [5.41, 5.74) is 11.1. The molecule has 6 heteroatoms. The molecule has 1 atom stereocenters. The minimum atomic E-state index is -0.935. The molecule has 0 aromatic carbocycles. The van der Waals surface area contributed by atoms with Gasteiger partial charge in [0.05, 0.1) is 4.92 Å². The van der Waals surface area contributed by atoms with Crippen LogP contribution < -0.4 is 11.5 Å². The lowest BCUT2D eigenvalue weighted by Gasteiger charge is -2.38. The summed E-state index contributed by atoms with van der Waals surface area (Å²) in [5, 5.41) is 11.1. The highest BCUT2D eigenvalue weighted by molar-refractivity contribution is 5.83. The summed E-state index contributed by atoms with van der Waals surface area (Å²) in [6.07, 6.45) is 6.77. The van der Waals surface area contributed by atoms with E-state index in [4.69, 9.17) is 11.5 Å². The largest absolute Gasteiger partial charge is 0.387 e. The molecule has 6 nitrogen and oxygen atoms in total. The van der Waals surface area contributed by atoms with Crippen LogP contribution in [0.1, 0.15) is 38.5 Å². The fourth-order valence-corrected chi connectivity index (χ4v) is 2.89. The van der Waals surface area contributed by atoms with Crippen molar-refractivity contribution in [3.63, 3.8) is 0 Å².